The lowest BCUT2D eigenvalue weighted by Crippen LogP contribution is -2.32. The Morgan fingerprint density at radius 3 is 2.52 bits per heavy atom. The Morgan fingerprint density at radius 2 is 1.86 bits per heavy atom. The summed E-state index contributed by atoms with van der Waals surface area (Å²) in [5, 5.41) is 2.95. The number of hydrogen-bond donors (Lipinski definition) is 1. The van der Waals surface area contributed by atoms with Crippen LogP contribution in [-0.2, 0) is 11.3 Å². The molecular weight excluding hydrogens is 260 g/mol. The zero-order valence-corrected chi connectivity index (χ0v) is 12.7. The van der Waals surface area contributed by atoms with Crippen molar-refractivity contribution in [3.05, 3.63) is 65.7 Å². The number of likely N-dealkylation sites (N-methyl/N-ethyl adjacent to an activating group) is 1. The van der Waals surface area contributed by atoms with Crippen LogP contribution in [0.1, 0.15) is 18.1 Å². The maximum absolute atomic E-state index is 12.1. The molecule has 0 saturated carbocycles. The van der Waals surface area contributed by atoms with Gasteiger partial charge in [-0.2, -0.15) is 0 Å². The number of aryl methyl sites for hydroxylation is 1. The molecule has 0 aromatic heterocycles. The van der Waals surface area contributed by atoms with Crippen molar-refractivity contribution in [2.75, 3.05) is 18.4 Å². The van der Waals surface area contributed by atoms with E-state index in [0.717, 1.165) is 24.3 Å². The van der Waals surface area contributed by atoms with Gasteiger partial charge in [0.15, 0.2) is 0 Å². The monoisotopic (exact) mass is 282 g/mol. The minimum Gasteiger partial charge on any atom is -0.325 e. The molecule has 0 aliphatic rings. The van der Waals surface area contributed by atoms with Crippen LogP contribution in [0.2, 0.25) is 0 Å². The fraction of sp³-hybridized carbons (Fsp3) is 0.278. The van der Waals surface area contributed by atoms with Crippen LogP contribution in [0.25, 0.3) is 0 Å². The number of rotatable bonds is 6. The third kappa shape index (κ3) is 5.04. The van der Waals surface area contributed by atoms with Gasteiger partial charge in [0.05, 0.1) is 6.54 Å². The van der Waals surface area contributed by atoms with Gasteiger partial charge in [0.25, 0.3) is 0 Å². The molecule has 0 unspecified atom stereocenters. The summed E-state index contributed by atoms with van der Waals surface area (Å²) in [5.41, 5.74) is 3.22. The van der Waals surface area contributed by atoms with Crippen molar-refractivity contribution in [2.45, 2.75) is 20.4 Å². The smallest absolute Gasteiger partial charge is 0.238 e. The number of nitrogens with zero attached hydrogens (tertiary/aromatic N) is 1. The van der Waals surface area contributed by atoms with E-state index in [1.807, 2.05) is 49.4 Å². The molecule has 0 saturated heterocycles. The molecule has 0 fully saturated rings. The van der Waals surface area contributed by atoms with Crippen LogP contribution in [0.5, 0.6) is 0 Å². The number of carbonyl (C=O) groups excluding carboxylic acids is 1. The highest BCUT2D eigenvalue weighted by Gasteiger charge is 2.09. The summed E-state index contributed by atoms with van der Waals surface area (Å²) in [6.45, 7) is 6.13. The molecule has 0 aliphatic carbocycles. The summed E-state index contributed by atoms with van der Waals surface area (Å²) in [6.07, 6.45) is 0. The average Bonchev–Trinajstić information content (AvgIpc) is 2.47. The normalized spacial score (nSPS) is 10.6. The van der Waals surface area contributed by atoms with Crippen molar-refractivity contribution >= 4 is 11.6 Å². The van der Waals surface area contributed by atoms with Gasteiger partial charge in [-0.1, -0.05) is 49.4 Å². The zero-order chi connectivity index (χ0) is 15.1. The quantitative estimate of drug-likeness (QED) is 0.880. The summed E-state index contributed by atoms with van der Waals surface area (Å²) < 4.78 is 0. The molecule has 3 nitrogen and oxygen atoms in total. The third-order valence-electron chi connectivity index (χ3n) is 3.37. The van der Waals surface area contributed by atoms with Crippen LogP contribution in [0, 0.1) is 6.92 Å². The van der Waals surface area contributed by atoms with E-state index in [1.54, 1.807) is 0 Å². The summed E-state index contributed by atoms with van der Waals surface area (Å²) >= 11 is 0. The number of carbonyl (C=O) groups is 1. The number of amides is 1. The van der Waals surface area contributed by atoms with E-state index in [1.165, 1.54) is 5.56 Å². The van der Waals surface area contributed by atoms with Gasteiger partial charge in [0.2, 0.25) is 5.91 Å². The van der Waals surface area contributed by atoms with Crippen molar-refractivity contribution in [1.82, 2.24) is 4.90 Å². The van der Waals surface area contributed by atoms with E-state index in [9.17, 15) is 4.79 Å². The SMILES string of the molecule is CCN(CC(=O)Nc1cccc(C)c1)Cc1ccccc1. The molecule has 0 aliphatic heterocycles. The molecule has 0 atom stereocenters. The van der Waals surface area contributed by atoms with E-state index < -0.39 is 0 Å². The Bertz CT molecular complexity index is 581. The van der Waals surface area contributed by atoms with E-state index in [4.69, 9.17) is 0 Å². The summed E-state index contributed by atoms with van der Waals surface area (Å²) in [7, 11) is 0. The van der Waals surface area contributed by atoms with Gasteiger partial charge in [-0.05, 0) is 36.7 Å². The highest BCUT2D eigenvalue weighted by molar-refractivity contribution is 5.92. The van der Waals surface area contributed by atoms with Crippen LogP contribution < -0.4 is 5.32 Å². The first-order chi connectivity index (χ1) is 10.2. The molecular formula is C18H22N2O. The largest absolute Gasteiger partial charge is 0.325 e. The van der Waals surface area contributed by atoms with Crippen molar-refractivity contribution < 1.29 is 4.79 Å². The molecule has 1 amide bonds. The second-order valence-electron chi connectivity index (χ2n) is 5.21. The Labute approximate surface area is 126 Å². The molecule has 3 heteroatoms. The Balaban J connectivity index is 1.90. The maximum atomic E-state index is 12.1. The summed E-state index contributed by atoms with van der Waals surface area (Å²) in [4.78, 5) is 14.3. The van der Waals surface area contributed by atoms with Crippen molar-refractivity contribution in [3.63, 3.8) is 0 Å². The standard InChI is InChI=1S/C18H22N2O/c1-3-20(13-16-9-5-4-6-10-16)14-18(21)19-17-11-7-8-15(2)12-17/h4-12H,3,13-14H2,1-2H3,(H,19,21). The average molecular weight is 282 g/mol. The number of benzene rings is 2. The predicted molar refractivity (Wildman–Crippen MR) is 87.2 cm³/mol. The van der Waals surface area contributed by atoms with Gasteiger partial charge in [0, 0.05) is 12.2 Å². The van der Waals surface area contributed by atoms with Gasteiger partial charge < -0.3 is 5.32 Å². The fourth-order valence-corrected chi connectivity index (χ4v) is 2.25. The van der Waals surface area contributed by atoms with E-state index in [2.05, 4.69) is 29.3 Å². The van der Waals surface area contributed by atoms with Crippen molar-refractivity contribution in [1.29, 1.82) is 0 Å². The van der Waals surface area contributed by atoms with Crippen LogP contribution in [0.3, 0.4) is 0 Å². The number of nitrogens with one attached hydrogen (secondary N) is 1. The lowest BCUT2D eigenvalue weighted by molar-refractivity contribution is -0.117. The van der Waals surface area contributed by atoms with Crippen LogP contribution in [0.15, 0.2) is 54.6 Å². The molecule has 21 heavy (non-hydrogen) atoms. The second-order valence-corrected chi connectivity index (χ2v) is 5.21. The molecule has 0 spiro atoms. The Hall–Kier alpha value is -2.13. The van der Waals surface area contributed by atoms with Gasteiger partial charge in [-0.15, -0.1) is 0 Å². The molecule has 2 aromatic rings. The van der Waals surface area contributed by atoms with E-state index >= 15 is 0 Å². The van der Waals surface area contributed by atoms with Crippen molar-refractivity contribution in [2.24, 2.45) is 0 Å². The Morgan fingerprint density at radius 1 is 1.10 bits per heavy atom. The molecule has 2 rings (SSSR count). The van der Waals surface area contributed by atoms with Crippen LogP contribution in [0.4, 0.5) is 5.69 Å². The van der Waals surface area contributed by atoms with Crippen molar-refractivity contribution in [3.8, 4) is 0 Å². The molecule has 0 heterocycles. The van der Waals surface area contributed by atoms with E-state index in [-0.39, 0.29) is 5.91 Å². The fourth-order valence-electron chi connectivity index (χ4n) is 2.25. The second kappa shape index (κ2) is 7.60. The van der Waals surface area contributed by atoms with E-state index in [0.29, 0.717) is 6.54 Å². The van der Waals surface area contributed by atoms with Gasteiger partial charge in [0.1, 0.15) is 0 Å². The third-order valence-corrected chi connectivity index (χ3v) is 3.37. The highest BCUT2D eigenvalue weighted by Crippen LogP contribution is 2.10. The minimum atomic E-state index is 0.0263. The maximum Gasteiger partial charge on any atom is 0.238 e. The highest BCUT2D eigenvalue weighted by atomic mass is 16.2. The number of anilines is 1. The van der Waals surface area contributed by atoms with Gasteiger partial charge >= 0.3 is 0 Å². The van der Waals surface area contributed by atoms with Crippen LogP contribution in [-0.4, -0.2) is 23.9 Å². The van der Waals surface area contributed by atoms with Gasteiger partial charge in [-0.3, -0.25) is 9.69 Å². The molecule has 1 N–H and O–H groups in total. The molecule has 0 radical (unpaired) electrons. The lowest BCUT2D eigenvalue weighted by Gasteiger charge is -2.20. The molecule has 2 aromatic carbocycles. The first-order valence-corrected chi connectivity index (χ1v) is 7.30. The molecule has 0 bridgehead atoms. The zero-order valence-electron chi connectivity index (χ0n) is 12.7. The van der Waals surface area contributed by atoms with Gasteiger partial charge in [-0.25, -0.2) is 0 Å². The first-order valence-electron chi connectivity index (χ1n) is 7.30. The summed E-state index contributed by atoms with van der Waals surface area (Å²) in [6, 6.07) is 18.1. The minimum absolute atomic E-state index is 0.0263. The lowest BCUT2D eigenvalue weighted by atomic mass is 10.2. The Kier molecular flexibility index (Phi) is 5.52. The topological polar surface area (TPSA) is 32.3 Å². The van der Waals surface area contributed by atoms with Crippen LogP contribution >= 0.6 is 0 Å². The first kappa shape index (κ1) is 15.3. The molecule has 110 valence electrons. The predicted octanol–water partition coefficient (Wildman–Crippen LogP) is 3.46. The summed E-state index contributed by atoms with van der Waals surface area (Å²) in [5.74, 6) is 0.0263. The number of hydrogen-bond acceptors (Lipinski definition) is 2.